The average molecular weight is 1000 g/mol. The van der Waals surface area contributed by atoms with E-state index in [0.717, 1.165) is 99.2 Å². The second-order valence-electron chi connectivity index (χ2n) is 14.3. The van der Waals surface area contributed by atoms with Crippen molar-refractivity contribution in [3.8, 4) is 0 Å². The predicted octanol–water partition coefficient (Wildman–Crippen LogP) is 15.6. The Morgan fingerprint density at radius 3 is 1.06 bits per heavy atom. The molecule has 65 heavy (non-hydrogen) atoms. The zero-order chi connectivity index (χ0) is 50.2. The summed E-state index contributed by atoms with van der Waals surface area (Å²) in [5.41, 5.74) is 0.528. The second-order valence-corrected chi connectivity index (χ2v) is 17.0. The molecule has 0 heterocycles. The molecule has 0 N–H and O–H groups in total. The van der Waals surface area contributed by atoms with E-state index in [1.165, 1.54) is 24.3 Å². The largest absolute Gasteiger partial charge is 0.460 e. The van der Waals surface area contributed by atoms with Gasteiger partial charge in [0.15, 0.2) is 0 Å². The van der Waals surface area contributed by atoms with E-state index < -0.39 is 96.4 Å². The van der Waals surface area contributed by atoms with Crippen molar-refractivity contribution in [3.05, 3.63) is 90.5 Å². The number of hydrogen-bond donors (Lipinski definition) is 0. The molecule has 0 spiro atoms. The molecule has 0 amide bonds. The highest BCUT2D eigenvalue weighted by Gasteiger charge is 2.99. The van der Waals surface area contributed by atoms with Gasteiger partial charge in [-0.1, -0.05) is 94.0 Å². The Bertz CT molecular complexity index is 2000. The normalized spacial score (nSPS) is 15.0. The minimum atomic E-state index is -9.56. The highest BCUT2D eigenvalue weighted by atomic mass is 32.3. The smallest absolute Gasteiger partial charge is 0.397 e. The summed E-state index contributed by atoms with van der Waals surface area (Å²) in [6, 6.07) is 15.7. The molecule has 2 nitrogen and oxygen atoms in total. The van der Waals surface area contributed by atoms with Gasteiger partial charge < -0.3 is 4.18 Å². The fourth-order valence-electron chi connectivity index (χ4n) is 5.96. The third kappa shape index (κ3) is 8.93. The molecule has 0 atom stereocenters. The van der Waals surface area contributed by atoms with Gasteiger partial charge in [0.25, 0.3) is 0 Å². The standard InChI is InChI=1S/C39H33F23O2S/c1-2-3-4-5-6-7-10-15-24-20-22-27(23-21-24)65(25-16-11-8-12-17-25,26-18-13-9-14-19-26)64-28(63)29(40,41)30(42,43)31(44,45)32(46,47)33(48,49)34(50,51)35(52,53)36(54,55)37(56,57)38(58,59)39(60,61)62/h8-9,11-14,16-23H,2-7,10,15H2,1H3. The van der Waals surface area contributed by atoms with Crippen molar-refractivity contribution in [3.63, 3.8) is 0 Å². The summed E-state index contributed by atoms with van der Waals surface area (Å²) >= 11 is 0. The number of unbranched alkanes of at least 4 members (excludes halogenated alkanes) is 6. The highest BCUT2D eigenvalue weighted by molar-refractivity contribution is 8.30. The summed E-state index contributed by atoms with van der Waals surface area (Å²) in [5.74, 6) is -94.5. The van der Waals surface area contributed by atoms with E-state index in [1.54, 1.807) is 0 Å². The summed E-state index contributed by atoms with van der Waals surface area (Å²) in [6.45, 7) is 2.01. The van der Waals surface area contributed by atoms with E-state index in [0.29, 0.717) is 18.4 Å². The lowest BCUT2D eigenvalue weighted by atomic mass is 9.85. The molecule has 26 heteroatoms. The second kappa shape index (κ2) is 18.5. The zero-order valence-electron chi connectivity index (χ0n) is 32.7. The number of alkyl halides is 23. The van der Waals surface area contributed by atoms with Crippen LogP contribution >= 0.6 is 10.3 Å². The van der Waals surface area contributed by atoms with Crippen LogP contribution < -0.4 is 0 Å². The highest BCUT2D eigenvalue weighted by Crippen LogP contribution is 2.71. The van der Waals surface area contributed by atoms with Crippen molar-refractivity contribution in [2.75, 3.05) is 0 Å². The molecular weight excluding hydrogens is 969 g/mol. The van der Waals surface area contributed by atoms with Crippen molar-refractivity contribution < 1.29 is 110 Å². The Morgan fingerprint density at radius 1 is 0.400 bits per heavy atom. The molecular formula is C39H33F23O2S. The lowest BCUT2D eigenvalue weighted by Gasteiger charge is -2.45. The van der Waals surface area contributed by atoms with Crippen LogP contribution in [0.4, 0.5) is 101 Å². The fourth-order valence-corrected chi connectivity index (χ4v) is 9.00. The van der Waals surface area contributed by atoms with E-state index >= 15 is 17.6 Å². The number of rotatable bonds is 22. The van der Waals surface area contributed by atoms with Crippen molar-refractivity contribution in [1.82, 2.24) is 0 Å². The quantitative estimate of drug-likeness (QED) is 0.0741. The summed E-state index contributed by atoms with van der Waals surface area (Å²) in [6.07, 6.45) is -1.70. The van der Waals surface area contributed by atoms with Crippen LogP contribution in [-0.2, 0) is 15.4 Å². The molecule has 3 aromatic rings. The number of halogens is 23. The Hall–Kier alpha value is -4.13. The number of carbonyl (C=O) groups excluding carboxylic acids is 1. The summed E-state index contributed by atoms with van der Waals surface area (Å²) in [4.78, 5) is 11.8. The molecule has 0 unspecified atom stereocenters. The predicted molar refractivity (Wildman–Crippen MR) is 185 cm³/mol. The van der Waals surface area contributed by atoms with Gasteiger partial charge in [0.2, 0.25) is 0 Å². The van der Waals surface area contributed by atoms with Crippen molar-refractivity contribution >= 4 is 16.3 Å². The molecule has 368 valence electrons. The first-order valence-corrected chi connectivity index (χ1v) is 20.0. The molecule has 0 aliphatic rings. The molecule has 0 bridgehead atoms. The first-order chi connectivity index (χ1) is 29.4. The maximum Gasteiger partial charge on any atom is 0.460 e. The van der Waals surface area contributed by atoms with Crippen molar-refractivity contribution in [2.45, 2.75) is 138 Å². The average Bonchev–Trinajstić information content (AvgIpc) is 3.22. The maximum atomic E-state index is 15.5. The third-order valence-electron chi connectivity index (χ3n) is 9.84. The molecule has 0 aliphatic heterocycles. The van der Waals surface area contributed by atoms with Crippen LogP contribution in [0.5, 0.6) is 0 Å². The van der Waals surface area contributed by atoms with E-state index in [1.807, 2.05) is 6.92 Å². The zero-order valence-corrected chi connectivity index (χ0v) is 33.5. The van der Waals surface area contributed by atoms with Crippen LogP contribution in [0.15, 0.2) is 99.6 Å². The molecule has 0 aliphatic carbocycles. The van der Waals surface area contributed by atoms with Gasteiger partial charge in [0, 0.05) is 14.7 Å². The van der Waals surface area contributed by atoms with Crippen LogP contribution in [0, 0.1) is 0 Å². The molecule has 0 saturated carbocycles. The number of hydrogen-bond acceptors (Lipinski definition) is 2. The summed E-state index contributed by atoms with van der Waals surface area (Å²) < 4.78 is 330. The minimum Gasteiger partial charge on any atom is -0.397 e. The Labute approximate surface area is 355 Å². The molecule has 3 aromatic carbocycles. The first-order valence-electron chi connectivity index (χ1n) is 18.5. The van der Waals surface area contributed by atoms with E-state index in [-0.39, 0.29) is 0 Å². The molecule has 3 rings (SSSR count). The van der Waals surface area contributed by atoms with Gasteiger partial charge in [0.1, 0.15) is 0 Å². The third-order valence-corrected chi connectivity index (χ3v) is 13.0. The summed E-state index contributed by atoms with van der Waals surface area (Å²) in [5, 5.41) is 0. The molecule has 0 fully saturated rings. The maximum absolute atomic E-state index is 15.5. The van der Waals surface area contributed by atoms with Gasteiger partial charge in [0.05, 0.1) is 0 Å². The molecule has 0 radical (unpaired) electrons. The van der Waals surface area contributed by atoms with Crippen LogP contribution in [0.25, 0.3) is 0 Å². The topological polar surface area (TPSA) is 26.3 Å². The number of aryl methyl sites for hydroxylation is 1. The minimum absolute atomic E-state index is 0.371. The first kappa shape index (κ1) is 55.2. The van der Waals surface area contributed by atoms with Gasteiger partial charge in [-0.15, -0.1) is 0 Å². The monoisotopic (exact) mass is 1000 g/mol. The lowest BCUT2D eigenvalue weighted by Crippen LogP contribution is -2.78. The fraction of sp³-hybridized carbons (Fsp3) is 0.513. The van der Waals surface area contributed by atoms with Crippen molar-refractivity contribution in [2.24, 2.45) is 0 Å². The molecule has 0 aromatic heterocycles. The van der Waals surface area contributed by atoms with Gasteiger partial charge in [-0.2, -0.15) is 101 Å². The Balaban J connectivity index is 2.16. The van der Waals surface area contributed by atoms with Gasteiger partial charge in [-0.3, -0.25) is 0 Å². The van der Waals surface area contributed by atoms with E-state index in [4.69, 9.17) is 4.18 Å². The van der Waals surface area contributed by atoms with Crippen molar-refractivity contribution in [1.29, 1.82) is 0 Å². The van der Waals surface area contributed by atoms with E-state index in [2.05, 4.69) is 0 Å². The lowest BCUT2D eigenvalue weighted by molar-refractivity contribution is -0.477. The van der Waals surface area contributed by atoms with Crippen LogP contribution in [0.3, 0.4) is 0 Å². The van der Waals surface area contributed by atoms with Gasteiger partial charge >= 0.3 is 71.4 Å². The number of carbonyl (C=O) groups is 1. The number of benzene rings is 3. The van der Waals surface area contributed by atoms with Crippen LogP contribution in [0.1, 0.15) is 57.4 Å². The SMILES string of the molecule is CCCCCCCCCc1ccc(S(OC(=O)C(F)(F)C(F)(F)C(F)(F)C(F)(F)C(F)(F)C(F)(F)C(F)(F)C(F)(F)C(F)(F)C(F)(F)C(F)(F)F)(c2ccccc2)c2ccccc2)cc1. The Kier molecular flexibility index (Phi) is 15.7. The molecule has 0 saturated heterocycles. The van der Waals surface area contributed by atoms with Crippen LogP contribution in [0.2, 0.25) is 0 Å². The Morgan fingerprint density at radius 2 is 0.708 bits per heavy atom. The van der Waals surface area contributed by atoms with E-state index in [9.17, 15) is 88.2 Å². The van der Waals surface area contributed by atoms with Crippen LogP contribution in [-0.4, -0.2) is 71.4 Å². The van der Waals surface area contributed by atoms with Gasteiger partial charge in [-0.25, -0.2) is 4.79 Å². The summed E-state index contributed by atoms with van der Waals surface area (Å²) in [7, 11) is -4.39. The van der Waals surface area contributed by atoms with Gasteiger partial charge in [-0.05, 0) is 65.1 Å².